The number of nitrogens with zero attached hydrogens (tertiary/aromatic N) is 2. The highest BCUT2D eigenvalue weighted by atomic mass is 35.5. The van der Waals surface area contributed by atoms with Crippen LogP contribution in [0.1, 0.15) is 18.1 Å². The van der Waals surface area contributed by atoms with Gasteiger partial charge in [-0.05, 0) is 42.9 Å². The SMILES string of the molecule is CCOc1cc(CNn2cn[nH]c2=S)c(Cl)cc1OCc1c(F)cccc1Cl. The second-order valence-corrected chi connectivity index (χ2v) is 6.88. The predicted molar refractivity (Wildman–Crippen MR) is 109 cm³/mol. The molecule has 2 aromatic carbocycles. The first-order chi connectivity index (χ1) is 13.5. The Balaban J connectivity index is 1.80. The van der Waals surface area contributed by atoms with Gasteiger partial charge < -0.3 is 14.9 Å². The van der Waals surface area contributed by atoms with E-state index in [2.05, 4.69) is 15.6 Å². The lowest BCUT2D eigenvalue weighted by Gasteiger charge is -2.16. The normalized spacial score (nSPS) is 10.7. The van der Waals surface area contributed by atoms with Crippen LogP contribution in [0.15, 0.2) is 36.7 Å². The van der Waals surface area contributed by atoms with Crippen LogP contribution in [0, 0.1) is 10.6 Å². The van der Waals surface area contributed by atoms with E-state index in [1.54, 1.807) is 22.9 Å². The first-order valence-electron chi connectivity index (χ1n) is 8.36. The van der Waals surface area contributed by atoms with Crippen LogP contribution in [0.3, 0.4) is 0 Å². The number of aromatic amines is 1. The summed E-state index contributed by atoms with van der Waals surface area (Å²) in [6.07, 6.45) is 1.52. The minimum atomic E-state index is -0.436. The number of aromatic nitrogens is 3. The average molecular weight is 443 g/mol. The summed E-state index contributed by atoms with van der Waals surface area (Å²) in [5, 5.41) is 7.24. The maximum atomic E-state index is 14.0. The van der Waals surface area contributed by atoms with Crippen molar-refractivity contribution < 1.29 is 13.9 Å². The summed E-state index contributed by atoms with van der Waals surface area (Å²) in [6, 6.07) is 7.87. The van der Waals surface area contributed by atoms with Crippen molar-refractivity contribution in [3.63, 3.8) is 0 Å². The third-order valence-corrected chi connectivity index (χ3v) is 4.83. The molecule has 0 amide bonds. The highest BCUT2D eigenvalue weighted by Crippen LogP contribution is 2.35. The summed E-state index contributed by atoms with van der Waals surface area (Å²) < 4.78 is 27.4. The maximum Gasteiger partial charge on any atom is 0.214 e. The summed E-state index contributed by atoms with van der Waals surface area (Å²) in [7, 11) is 0. The van der Waals surface area contributed by atoms with Crippen molar-refractivity contribution in [2.45, 2.75) is 20.1 Å². The molecule has 0 spiro atoms. The zero-order chi connectivity index (χ0) is 20.1. The third kappa shape index (κ3) is 4.76. The lowest BCUT2D eigenvalue weighted by Crippen LogP contribution is -2.14. The molecule has 10 heteroatoms. The second-order valence-electron chi connectivity index (χ2n) is 5.68. The van der Waals surface area contributed by atoms with Crippen molar-refractivity contribution in [2.75, 3.05) is 12.0 Å². The molecular formula is C18H17Cl2FN4O2S. The first-order valence-corrected chi connectivity index (χ1v) is 9.52. The molecule has 1 heterocycles. The molecule has 3 aromatic rings. The molecule has 2 N–H and O–H groups in total. The van der Waals surface area contributed by atoms with Crippen LogP contribution in [0.25, 0.3) is 0 Å². The molecule has 0 saturated heterocycles. The zero-order valence-corrected chi connectivity index (χ0v) is 17.2. The van der Waals surface area contributed by atoms with Crippen molar-refractivity contribution in [1.82, 2.24) is 14.9 Å². The predicted octanol–water partition coefficient (Wildman–Crippen LogP) is 5.11. The second kappa shape index (κ2) is 9.27. The van der Waals surface area contributed by atoms with Gasteiger partial charge in [0.25, 0.3) is 0 Å². The summed E-state index contributed by atoms with van der Waals surface area (Å²) in [6.45, 7) is 2.61. The molecule has 0 radical (unpaired) electrons. The first kappa shape index (κ1) is 20.4. The lowest BCUT2D eigenvalue weighted by atomic mass is 10.2. The highest BCUT2D eigenvalue weighted by Gasteiger charge is 2.14. The number of hydrogen-bond donors (Lipinski definition) is 2. The molecule has 0 aliphatic heterocycles. The molecular weight excluding hydrogens is 426 g/mol. The van der Waals surface area contributed by atoms with Gasteiger partial charge in [-0.3, -0.25) is 5.10 Å². The van der Waals surface area contributed by atoms with Crippen molar-refractivity contribution >= 4 is 35.4 Å². The van der Waals surface area contributed by atoms with Crippen LogP contribution < -0.4 is 14.9 Å². The summed E-state index contributed by atoms with van der Waals surface area (Å²) in [5.74, 6) is 0.455. The van der Waals surface area contributed by atoms with E-state index in [0.29, 0.717) is 39.5 Å². The Morgan fingerprint density at radius 1 is 1.21 bits per heavy atom. The Morgan fingerprint density at radius 2 is 2.00 bits per heavy atom. The van der Waals surface area contributed by atoms with Crippen molar-refractivity contribution in [2.24, 2.45) is 0 Å². The van der Waals surface area contributed by atoms with Crippen LogP contribution in [0.4, 0.5) is 4.39 Å². The van der Waals surface area contributed by atoms with E-state index < -0.39 is 5.82 Å². The van der Waals surface area contributed by atoms with E-state index in [1.807, 2.05) is 6.92 Å². The van der Waals surface area contributed by atoms with Crippen molar-refractivity contribution in [1.29, 1.82) is 0 Å². The molecule has 0 unspecified atom stereocenters. The number of hydrogen-bond acceptors (Lipinski definition) is 5. The average Bonchev–Trinajstić information content (AvgIpc) is 3.07. The van der Waals surface area contributed by atoms with Gasteiger partial charge in [-0.15, -0.1) is 0 Å². The molecule has 0 atom stereocenters. The van der Waals surface area contributed by atoms with E-state index in [9.17, 15) is 4.39 Å². The van der Waals surface area contributed by atoms with E-state index >= 15 is 0 Å². The molecule has 0 bridgehead atoms. The zero-order valence-electron chi connectivity index (χ0n) is 14.8. The fourth-order valence-electron chi connectivity index (χ4n) is 2.45. The molecule has 148 valence electrons. The standard InChI is InChI=1S/C18H17Cl2FN4O2S/c1-2-26-16-6-11(8-23-25-10-22-24-18(25)28)14(20)7-17(16)27-9-12-13(19)4-3-5-15(12)21/h3-7,10,23H,2,8-9H2,1H3,(H,24,28). The Labute approximate surface area is 176 Å². The van der Waals surface area contributed by atoms with Gasteiger partial charge in [0.2, 0.25) is 4.77 Å². The van der Waals surface area contributed by atoms with E-state index in [1.165, 1.54) is 18.5 Å². The highest BCUT2D eigenvalue weighted by molar-refractivity contribution is 7.71. The molecule has 3 rings (SSSR count). The quantitative estimate of drug-likeness (QED) is 0.474. The molecule has 6 nitrogen and oxygen atoms in total. The van der Waals surface area contributed by atoms with E-state index in [-0.39, 0.29) is 12.2 Å². The van der Waals surface area contributed by atoms with Gasteiger partial charge in [0, 0.05) is 16.7 Å². The number of ether oxygens (including phenoxy) is 2. The van der Waals surface area contributed by atoms with Crippen LogP contribution in [0.2, 0.25) is 10.0 Å². The molecule has 0 aliphatic carbocycles. The fraction of sp³-hybridized carbons (Fsp3) is 0.222. The van der Waals surface area contributed by atoms with Gasteiger partial charge in [-0.1, -0.05) is 29.3 Å². The van der Waals surface area contributed by atoms with Crippen molar-refractivity contribution in [3.8, 4) is 11.5 Å². The summed E-state index contributed by atoms with van der Waals surface area (Å²) in [5.41, 5.74) is 4.12. The van der Waals surface area contributed by atoms with Gasteiger partial charge in [0.15, 0.2) is 11.5 Å². The minimum Gasteiger partial charge on any atom is -0.490 e. The third-order valence-electron chi connectivity index (χ3n) is 3.84. The number of H-pyrrole nitrogens is 1. The molecule has 0 fully saturated rings. The lowest BCUT2D eigenvalue weighted by molar-refractivity contribution is 0.265. The van der Waals surface area contributed by atoms with Crippen LogP contribution in [0.5, 0.6) is 11.5 Å². The number of nitrogens with one attached hydrogen (secondary N) is 2. The monoisotopic (exact) mass is 442 g/mol. The van der Waals surface area contributed by atoms with Gasteiger partial charge in [-0.2, -0.15) is 5.10 Å². The smallest absolute Gasteiger partial charge is 0.214 e. The van der Waals surface area contributed by atoms with Gasteiger partial charge in [0.1, 0.15) is 18.8 Å². The number of halogens is 3. The molecule has 0 aliphatic rings. The Hall–Kier alpha value is -2.29. The molecule has 0 saturated carbocycles. The van der Waals surface area contributed by atoms with Crippen LogP contribution in [-0.4, -0.2) is 21.5 Å². The molecule has 1 aromatic heterocycles. The van der Waals surface area contributed by atoms with Gasteiger partial charge in [0.05, 0.1) is 18.2 Å². The topological polar surface area (TPSA) is 64.1 Å². The molecule has 28 heavy (non-hydrogen) atoms. The van der Waals surface area contributed by atoms with Crippen molar-refractivity contribution in [3.05, 3.63) is 68.4 Å². The summed E-state index contributed by atoms with van der Waals surface area (Å²) >= 11 is 17.5. The number of benzene rings is 2. The Kier molecular flexibility index (Phi) is 6.77. The minimum absolute atomic E-state index is 0.0519. The largest absolute Gasteiger partial charge is 0.490 e. The Bertz CT molecular complexity index is 1000. The van der Waals surface area contributed by atoms with E-state index in [0.717, 1.165) is 5.56 Å². The van der Waals surface area contributed by atoms with Gasteiger partial charge in [-0.25, -0.2) is 9.07 Å². The van der Waals surface area contributed by atoms with Crippen LogP contribution in [-0.2, 0) is 13.2 Å². The number of rotatable bonds is 8. The van der Waals surface area contributed by atoms with E-state index in [4.69, 9.17) is 44.9 Å². The maximum absolute atomic E-state index is 14.0. The Morgan fingerprint density at radius 3 is 2.68 bits per heavy atom. The summed E-state index contributed by atoms with van der Waals surface area (Å²) in [4.78, 5) is 0. The van der Waals surface area contributed by atoms with Gasteiger partial charge >= 0.3 is 0 Å². The fourth-order valence-corrected chi connectivity index (χ4v) is 3.05. The van der Waals surface area contributed by atoms with Crippen LogP contribution >= 0.6 is 35.4 Å².